The topological polar surface area (TPSA) is 118 Å². The first kappa shape index (κ1) is 28.0. The zero-order valence-corrected chi connectivity index (χ0v) is 23.1. The van der Waals surface area contributed by atoms with Crippen molar-refractivity contribution in [3.63, 3.8) is 0 Å². The summed E-state index contributed by atoms with van der Waals surface area (Å²) in [4.78, 5) is 42.0. The number of amides is 3. The van der Waals surface area contributed by atoms with E-state index in [4.69, 9.17) is 23.2 Å². The van der Waals surface area contributed by atoms with Crippen LogP contribution in [0.1, 0.15) is 27.6 Å². The lowest BCUT2D eigenvalue weighted by molar-refractivity contribution is -0.115. The second kappa shape index (κ2) is 11.8. The van der Waals surface area contributed by atoms with Crippen LogP contribution in [-0.4, -0.2) is 33.2 Å². The van der Waals surface area contributed by atoms with Crippen LogP contribution in [0.3, 0.4) is 0 Å². The molecule has 1 unspecified atom stereocenters. The fourth-order valence-corrected chi connectivity index (χ4v) is 5.57. The molecular weight excluding hydrogens is 559 g/mol. The molecule has 3 aromatic carbocycles. The zero-order valence-electron chi connectivity index (χ0n) is 20.8. The first-order chi connectivity index (χ1) is 18.5. The molecule has 0 spiro atoms. The van der Waals surface area contributed by atoms with Crippen LogP contribution >= 0.6 is 23.2 Å². The molecule has 0 fully saturated rings. The number of aromatic nitrogens is 1. The SMILES string of the molecule is CC(=O)N=S(C)(=O)c1ccccc1-c1ccc(C(=O)Nc2ccc(Cl)cc2C(=O)Nc2ccc(Cl)cn2)cc1. The van der Waals surface area contributed by atoms with Gasteiger partial charge < -0.3 is 10.6 Å². The lowest BCUT2D eigenvalue weighted by Gasteiger charge is -2.13. The van der Waals surface area contributed by atoms with Gasteiger partial charge in [-0.25, -0.2) is 9.19 Å². The van der Waals surface area contributed by atoms with Crippen molar-refractivity contribution in [1.29, 1.82) is 0 Å². The molecule has 4 aromatic rings. The van der Waals surface area contributed by atoms with Crippen LogP contribution in [0.2, 0.25) is 10.0 Å². The Morgan fingerprint density at radius 2 is 1.54 bits per heavy atom. The summed E-state index contributed by atoms with van der Waals surface area (Å²) in [5.74, 6) is -1.22. The third-order valence-electron chi connectivity index (χ3n) is 5.50. The number of rotatable bonds is 6. The Labute approximate surface area is 235 Å². The van der Waals surface area contributed by atoms with Gasteiger partial charge in [-0.1, -0.05) is 53.5 Å². The smallest absolute Gasteiger partial charge is 0.258 e. The van der Waals surface area contributed by atoms with E-state index in [9.17, 15) is 18.6 Å². The fourth-order valence-electron chi connectivity index (χ4n) is 3.77. The highest BCUT2D eigenvalue weighted by Crippen LogP contribution is 2.29. The van der Waals surface area contributed by atoms with Crippen molar-refractivity contribution < 1.29 is 18.6 Å². The number of carbonyl (C=O) groups is 3. The number of nitrogens with one attached hydrogen (secondary N) is 2. The summed E-state index contributed by atoms with van der Waals surface area (Å²) in [6, 6.07) is 21.2. The number of hydrogen-bond donors (Lipinski definition) is 2. The van der Waals surface area contributed by atoms with Gasteiger partial charge in [0.1, 0.15) is 5.82 Å². The quantitative estimate of drug-likeness (QED) is 0.267. The molecule has 0 bridgehead atoms. The van der Waals surface area contributed by atoms with E-state index < -0.39 is 27.5 Å². The van der Waals surface area contributed by atoms with Gasteiger partial charge in [0, 0.05) is 30.0 Å². The molecule has 1 atom stereocenters. The molecule has 3 amide bonds. The van der Waals surface area contributed by atoms with Crippen molar-refractivity contribution in [2.45, 2.75) is 11.8 Å². The molecule has 0 saturated heterocycles. The maximum Gasteiger partial charge on any atom is 0.258 e. The van der Waals surface area contributed by atoms with Gasteiger partial charge in [0.05, 0.1) is 30.9 Å². The third kappa shape index (κ3) is 6.88. The molecule has 1 heterocycles. The highest BCUT2D eigenvalue weighted by atomic mass is 35.5. The van der Waals surface area contributed by atoms with Crippen molar-refractivity contribution in [2.75, 3.05) is 16.9 Å². The Morgan fingerprint density at radius 3 is 2.21 bits per heavy atom. The highest BCUT2D eigenvalue weighted by Gasteiger charge is 2.18. The maximum absolute atomic E-state index is 13.1. The van der Waals surface area contributed by atoms with Gasteiger partial charge in [-0.05, 0) is 59.7 Å². The minimum Gasteiger partial charge on any atom is -0.321 e. The molecule has 0 aliphatic heterocycles. The molecule has 0 radical (unpaired) electrons. The summed E-state index contributed by atoms with van der Waals surface area (Å²) in [7, 11) is -2.96. The van der Waals surface area contributed by atoms with E-state index in [1.54, 1.807) is 66.7 Å². The van der Waals surface area contributed by atoms with Crippen molar-refractivity contribution in [3.8, 4) is 11.1 Å². The number of benzene rings is 3. The first-order valence-electron chi connectivity index (χ1n) is 11.5. The van der Waals surface area contributed by atoms with Crippen LogP contribution in [0.25, 0.3) is 11.1 Å². The number of pyridine rings is 1. The van der Waals surface area contributed by atoms with Crippen LogP contribution < -0.4 is 10.6 Å². The van der Waals surface area contributed by atoms with E-state index in [0.717, 1.165) is 0 Å². The molecule has 0 aliphatic carbocycles. The molecular formula is C28H22Cl2N4O4S. The average molecular weight is 581 g/mol. The lowest BCUT2D eigenvalue weighted by Crippen LogP contribution is -2.18. The number of halogens is 2. The van der Waals surface area contributed by atoms with E-state index in [1.165, 1.54) is 31.5 Å². The molecule has 4 rings (SSSR count). The third-order valence-corrected chi connectivity index (χ3v) is 7.74. The normalized spacial score (nSPS) is 12.2. The summed E-state index contributed by atoms with van der Waals surface area (Å²) in [6.07, 6.45) is 2.81. The van der Waals surface area contributed by atoms with Gasteiger partial charge >= 0.3 is 0 Å². The predicted molar refractivity (Wildman–Crippen MR) is 154 cm³/mol. The van der Waals surface area contributed by atoms with Gasteiger partial charge in [0.15, 0.2) is 0 Å². The van der Waals surface area contributed by atoms with Crippen LogP contribution in [0.15, 0.2) is 94.3 Å². The molecule has 8 nitrogen and oxygen atoms in total. The predicted octanol–water partition coefficient (Wildman–Crippen LogP) is 6.56. The van der Waals surface area contributed by atoms with Crippen molar-refractivity contribution in [3.05, 3.63) is 106 Å². The second-order valence-electron chi connectivity index (χ2n) is 8.45. The Kier molecular flexibility index (Phi) is 8.44. The van der Waals surface area contributed by atoms with E-state index in [-0.39, 0.29) is 17.1 Å². The van der Waals surface area contributed by atoms with Gasteiger partial charge in [-0.3, -0.25) is 14.4 Å². The Balaban J connectivity index is 1.58. The van der Waals surface area contributed by atoms with Crippen molar-refractivity contribution in [1.82, 2.24) is 4.98 Å². The summed E-state index contributed by atoms with van der Waals surface area (Å²) in [5, 5.41) is 6.14. The van der Waals surface area contributed by atoms with Crippen molar-refractivity contribution >= 4 is 62.2 Å². The van der Waals surface area contributed by atoms with Crippen LogP contribution in [0.4, 0.5) is 11.5 Å². The van der Waals surface area contributed by atoms with Gasteiger partial charge in [-0.2, -0.15) is 4.36 Å². The highest BCUT2D eigenvalue weighted by molar-refractivity contribution is 7.93. The molecule has 0 saturated carbocycles. The molecule has 39 heavy (non-hydrogen) atoms. The van der Waals surface area contributed by atoms with E-state index in [1.807, 2.05) is 0 Å². The Bertz CT molecular complexity index is 1700. The monoisotopic (exact) mass is 580 g/mol. The largest absolute Gasteiger partial charge is 0.321 e. The van der Waals surface area contributed by atoms with Crippen LogP contribution in [-0.2, 0) is 14.5 Å². The minimum atomic E-state index is -2.96. The van der Waals surface area contributed by atoms with E-state index >= 15 is 0 Å². The standard InChI is InChI=1S/C28H22Cl2N4O4S/c1-17(35)34-39(2,38)25-6-4-3-5-22(25)18-7-9-19(10-8-18)27(36)32-24-13-11-20(29)15-23(24)28(37)33-26-14-12-21(30)16-31-26/h3-16H,1-2H3,(H,32,36)(H,31,33,37). The Hall–Kier alpha value is -4.05. The van der Waals surface area contributed by atoms with Gasteiger partial charge in [0.25, 0.3) is 17.7 Å². The number of anilines is 2. The Morgan fingerprint density at radius 1 is 0.846 bits per heavy atom. The lowest BCUT2D eigenvalue weighted by atomic mass is 10.0. The van der Waals surface area contributed by atoms with Crippen LogP contribution in [0.5, 0.6) is 0 Å². The second-order valence-corrected chi connectivity index (χ2v) is 11.5. The summed E-state index contributed by atoms with van der Waals surface area (Å²) in [6.45, 7) is 1.25. The van der Waals surface area contributed by atoms with E-state index in [2.05, 4.69) is 20.0 Å². The average Bonchev–Trinajstić information content (AvgIpc) is 2.90. The summed E-state index contributed by atoms with van der Waals surface area (Å²) in [5.41, 5.74) is 2.04. The van der Waals surface area contributed by atoms with E-state index in [0.29, 0.717) is 31.6 Å². The molecule has 11 heteroatoms. The fraction of sp³-hybridized carbons (Fsp3) is 0.0714. The van der Waals surface area contributed by atoms with Gasteiger partial charge in [-0.15, -0.1) is 0 Å². The van der Waals surface area contributed by atoms with Crippen LogP contribution in [0, 0.1) is 0 Å². The molecule has 0 aliphatic rings. The first-order valence-corrected chi connectivity index (χ1v) is 14.2. The summed E-state index contributed by atoms with van der Waals surface area (Å²) >= 11 is 12.0. The van der Waals surface area contributed by atoms with Crippen molar-refractivity contribution in [2.24, 2.45) is 4.36 Å². The van der Waals surface area contributed by atoms with Gasteiger partial charge in [0.2, 0.25) is 0 Å². The number of nitrogens with zero attached hydrogens (tertiary/aromatic N) is 2. The number of hydrogen-bond acceptors (Lipinski definition) is 5. The summed E-state index contributed by atoms with van der Waals surface area (Å²) < 4.78 is 16.9. The molecule has 1 aromatic heterocycles. The maximum atomic E-state index is 13.1. The number of carbonyl (C=O) groups excluding carboxylic acids is 3. The molecule has 2 N–H and O–H groups in total. The molecule has 198 valence electrons. The minimum absolute atomic E-state index is 0.144. The zero-order chi connectivity index (χ0) is 28.2.